The van der Waals surface area contributed by atoms with Gasteiger partial charge < -0.3 is 9.67 Å². The van der Waals surface area contributed by atoms with Crippen LogP contribution in [0.4, 0.5) is 0 Å². The standard InChI is InChI=1S/C24H20N2O2/c27-24(28)21-14-19(17-8-9-17)15-25-22(21)12-16-6-7-18-10-11-26(23(18)13-16)20-4-2-1-3-5-20/h1-7,10-11,13-15,17H,8-9,12H2,(H,27,28). The second-order valence-corrected chi connectivity index (χ2v) is 7.43. The summed E-state index contributed by atoms with van der Waals surface area (Å²) in [5.41, 5.74) is 5.26. The Labute approximate surface area is 163 Å². The largest absolute Gasteiger partial charge is 0.478 e. The Morgan fingerprint density at radius 2 is 1.89 bits per heavy atom. The van der Waals surface area contributed by atoms with Crippen molar-refractivity contribution >= 4 is 16.9 Å². The first kappa shape index (κ1) is 16.8. The third kappa shape index (κ3) is 3.07. The molecule has 0 saturated heterocycles. The zero-order valence-electron chi connectivity index (χ0n) is 15.4. The number of fused-ring (bicyclic) bond motifs is 1. The molecule has 0 unspecified atom stereocenters. The van der Waals surface area contributed by atoms with Gasteiger partial charge in [-0.3, -0.25) is 4.98 Å². The van der Waals surface area contributed by atoms with Gasteiger partial charge in [-0.2, -0.15) is 0 Å². The van der Waals surface area contributed by atoms with Crippen LogP contribution in [-0.4, -0.2) is 20.6 Å². The smallest absolute Gasteiger partial charge is 0.337 e. The van der Waals surface area contributed by atoms with E-state index in [9.17, 15) is 9.90 Å². The topological polar surface area (TPSA) is 55.1 Å². The van der Waals surface area contributed by atoms with Gasteiger partial charge in [0.1, 0.15) is 0 Å². The van der Waals surface area contributed by atoms with Crippen molar-refractivity contribution in [1.29, 1.82) is 0 Å². The van der Waals surface area contributed by atoms with Gasteiger partial charge in [0.2, 0.25) is 0 Å². The van der Waals surface area contributed by atoms with Crippen molar-refractivity contribution < 1.29 is 9.90 Å². The predicted octanol–water partition coefficient (Wildman–Crippen LogP) is 5.19. The van der Waals surface area contributed by atoms with Crippen LogP contribution in [0, 0.1) is 0 Å². The van der Waals surface area contributed by atoms with E-state index in [1.165, 1.54) is 0 Å². The number of para-hydroxylation sites is 1. The average Bonchev–Trinajstić information content (AvgIpc) is 3.48. The maximum atomic E-state index is 11.8. The molecule has 0 bridgehead atoms. The second kappa shape index (κ2) is 6.64. The van der Waals surface area contributed by atoms with Gasteiger partial charge in [0.25, 0.3) is 0 Å². The highest BCUT2D eigenvalue weighted by Gasteiger charge is 2.25. The maximum absolute atomic E-state index is 11.8. The summed E-state index contributed by atoms with van der Waals surface area (Å²) in [5.74, 6) is -0.413. The molecular weight excluding hydrogens is 348 g/mol. The van der Waals surface area contributed by atoms with E-state index >= 15 is 0 Å². The van der Waals surface area contributed by atoms with Crippen LogP contribution in [0.1, 0.15) is 45.9 Å². The predicted molar refractivity (Wildman–Crippen MR) is 109 cm³/mol. The van der Waals surface area contributed by atoms with Gasteiger partial charge in [-0.15, -0.1) is 0 Å². The van der Waals surface area contributed by atoms with E-state index in [2.05, 4.69) is 52.1 Å². The van der Waals surface area contributed by atoms with Crippen LogP contribution in [0.3, 0.4) is 0 Å². The molecule has 0 spiro atoms. The summed E-state index contributed by atoms with van der Waals surface area (Å²) in [4.78, 5) is 16.3. The number of rotatable bonds is 5. The molecule has 4 nitrogen and oxygen atoms in total. The van der Waals surface area contributed by atoms with E-state index in [0.717, 1.165) is 40.6 Å². The first-order valence-corrected chi connectivity index (χ1v) is 9.56. The Hall–Kier alpha value is -3.40. The van der Waals surface area contributed by atoms with Gasteiger partial charge in [0.15, 0.2) is 0 Å². The van der Waals surface area contributed by atoms with Crippen LogP contribution < -0.4 is 0 Å². The monoisotopic (exact) mass is 368 g/mol. The summed E-state index contributed by atoms with van der Waals surface area (Å²) in [6, 6.07) is 20.4. The number of carbonyl (C=O) groups is 1. The molecule has 1 aliphatic carbocycles. The lowest BCUT2D eigenvalue weighted by molar-refractivity contribution is 0.0695. The van der Waals surface area contributed by atoms with Gasteiger partial charge in [-0.1, -0.05) is 30.3 Å². The molecule has 0 radical (unpaired) electrons. The fourth-order valence-electron chi connectivity index (χ4n) is 3.77. The van der Waals surface area contributed by atoms with E-state index in [4.69, 9.17) is 0 Å². The minimum Gasteiger partial charge on any atom is -0.478 e. The Balaban J connectivity index is 1.53. The van der Waals surface area contributed by atoms with Crippen molar-refractivity contribution in [2.24, 2.45) is 0 Å². The van der Waals surface area contributed by atoms with Gasteiger partial charge in [0.05, 0.1) is 16.8 Å². The zero-order chi connectivity index (χ0) is 19.1. The van der Waals surface area contributed by atoms with Crippen molar-refractivity contribution in [2.75, 3.05) is 0 Å². The van der Waals surface area contributed by atoms with E-state index in [0.29, 0.717) is 23.6 Å². The highest BCUT2D eigenvalue weighted by Crippen LogP contribution is 2.40. The molecule has 2 heterocycles. The van der Waals surface area contributed by atoms with Gasteiger partial charge in [0, 0.05) is 24.5 Å². The summed E-state index contributed by atoms with van der Waals surface area (Å²) in [6.45, 7) is 0. The Morgan fingerprint density at radius 1 is 1.07 bits per heavy atom. The summed E-state index contributed by atoms with van der Waals surface area (Å²) < 4.78 is 2.15. The van der Waals surface area contributed by atoms with Crippen LogP contribution in [0.15, 0.2) is 73.1 Å². The zero-order valence-corrected chi connectivity index (χ0v) is 15.4. The highest BCUT2D eigenvalue weighted by atomic mass is 16.4. The average molecular weight is 368 g/mol. The molecule has 1 aliphatic rings. The van der Waals surface area contributed by atoms with Gasteiger partial charge >= 0.3 is 5.97 Å². The van der Waals surface area contributed by atoms with Crippen molar-refractivity contribution in [2.45, 2.75) is 25.2 Å². The fraction of sp³-hybridized carbons (Fsp3) is 0.167. The molecule has 138 valence electrons. The second-order valence-electron chi connectivity index (χ2n) is 7.43. The Morgan fingerprint density at radius 3 is 2.64 bits per heavy atom. The van der Waals surface area contributed by atoms with E-state index < -0.39 is 5.97 Å². The number of pyridine rings is 1. The van der Waals surface area contributed by atoms with Crippen LogP contribution in [0.25, 0.3) is 16.6 Å². The number of benzene rings is 2. The lowest BCUT2D eigenvalue weighted by atomic mass is 10.0. The van der Waals surface area contributed by atoms with Crippen molar-refractivity contribution in [1.82, 2.24) is 9.55 Å². The molecular formula is C24H20N2O2. The Kier molecular flexibility index (Phi) is 3.97. The third-order valence-electron chi connectivity index (χ3n) is 5.43. The molecule has 0 aliphatic heterocycles. The minimum atomic E-state index is -0.904. The molecule has 28 heavy (non-hydrogen) atoms. The van der Waals surface area contributed by atoms with Crippen molar-refractivity contribution in [3.8, 4) is 5.69 Å². The quantitative estimate of drug-likeness (QED) is 0.527. The maximum Gasteiger partial charge on any atom is 0.337 e. The summed E-state index contributed by atoms with van der Waals surface area (Å²) in [7, 11) is 0. The number of aromatic carboxylic acids is 1. The molecule has 2 aromatic carbocycles. The van der Waals surface area contributed by atoms with E-state index in [1.54, 1.807) is 0 Å². The molecule has 4 aromatic rings. The van der Waals surface area contributed by atoms with E-state index in [-0.39, 0.29) is 0 Å². The first-order valence-electron chi connectivity index (χ1n) is 9.56. The molecule has 0 amide bonds. The number of carboxylic acids is 1. The summed E-state index contributed by atoms with van der Waals surface area (Å²) >= 11 is 0. The lowest BCUT2D eigenvalue weighted by Crippen LogP contribution is -2.07. The fourth-order valence-corrected chi connectivity index (χ4v) is 3.77. The lowest BCUT2D eigenvalue weighted by Gasteiger charge is -2.10. The molecule has 1 N–H and O–H groups in total. The number of nitrogens with zero attached hydrogens (tertiary/aromatic N) is 2. The normalized spacial score (nSPS) is 13.7. The number of aromatic nitrogens is 2. The van der Waals surface area contributed by atoms with E-state index in [1.807, 2.05) is 30.5 Å². The molecule has 1 saturated carbocycles. The van der Waals surface area contributed by atoms with Crippen LogP contribution >= 0.6 is 0 Å². The van der Waals surface area contributed by atoms with Gasteiger partial charge in [-0.05, 0) is 65.6 Å². The van der Waals surface area contributed by atoms with Crippen LogP contribution in [0.2, 0.25) is 0 Å². The third-order valence-corrected chi connectivity index (χ3v) is 5.43. The highest BCUT2D eigenvalue weighted by molar-refractivity contribution is 5.89. The number of hydrogen-bond donors (Lipinski definition) is 1. The molecule has 4 heteroatoms. The van der Waals surface area contributed by atoms with Crippen molar-refractivity contribution in [3.63, 3.8) is 0 Å². The van der Waals surface area contributed by atoms with Crippen LogP contribution in [0.5, 0.6) is 0 Å². The summed E-state index contributed by atoms with van der Waals surface area (Å²) in [5, 5.41) is 10.8. The van der Waals surface area contributed by atoms with Gasteiger partial charge in [-0.25, -0.2) is 4.79 Å². The minimum absolute atomic E-state index is 0.322. The SMILES string of the molecule is O=C(O)c1cc(C2CC2)cnc1Cc1ccc2ccn(-c3ccccc3)c2c1. The van der Waals surface area contributed by atoms with Crippen molar-refractivity contribution in [3.05, 3.63) is 95.4 Å². The molecule has 5 rings (SSSR count). The number of carboxylic acid groups (broad SMARTS) is 1. The van der Waals surface area contributed by atoms with Crippen LogP contribution in [-0.2, 0) is 6.42 Å². The summed E-state index contributed by atoms with van der Waals surface area (Å²) in [6.07, 6.45) is 6.68. The molecule has 2 aromatic heterocycles. The Bertz CT molecular complexity index is 1170. The first-order chi connectivity index (χ1) is 13.7. The molecule has 0 atom stereocenters. The number of hydrogen-bond acceptors (Lipinski definition) is 2. The molecule has 1 fully saturated rings.